The van der Waals surface area contributed by atoms with E-state index in [0.717, 1.165) is 18.7 Å². The van der Waals surface area contributed by atoms with E-state index in [2.05, 4.69) is 30.4 Å². The molecule has 0 amide bonds. The number of hydrogen-bond acceptors (Lipinski definition) is 6. The van der Waals surface area contributed by atoms with E-state index in [1.165, 1.54) is 35.0 Å². The normalized spacial score (nSPS) is 13.3. The summed E-state index contributed by atoms with van der Waals surface area (Å²) in [7, 11) is 0. The van der Waals surface area contributed by atoms with Crippen LogP contribution in [-0.2, 0) is 12.0 Å². The van der Waals surface area contributed by atoms with Crippen LogP contribution in [0.25, 0.3) is 28.0 Å². The number of benzene rings is 2. The van der Waals surface area contributed by atoms with E-state index in [-0.39, 0.29) is 25.2 Å². The summed E-state index contributed by atoms with van der Waals surface area (Å²) in [5, 5.41) is 18.9. The number of hydrogen-bond donors (Lipinski definition) is 3. The van der Waals surface area contributed by atoms with Gasteiger partial charge in [-0.25, -0.2) is 37.0 Å². The van der Waals surface area contributed by atoms with E-state index in [1.54, 1.807) is 30.5 Å². The van der Waals surface area contributed by atoms with Crippen LogP contribution in [0.4, 0.5) is 17.6 Å². The smallest absolute Gasteiger partial charge is 0.141 e. The lowest BCUT2D eigenvalue weighted by atomic mass is 9.93. The Balaban J connectivity index is 1.37. The highest BCUT2D eigenvalue weighted by atomic mass is 19.1. The largest absolute Gasteiger partial charge is 0.390 e. The van der Waals surface area contributed by atoms with Gasteiger partial charge in [0.05, 0.1) is 35.9 Å². The van der Waals surface area contributed by atoms with Gasteiger partial charge in [-0.05, 0) is 48.5 Å². The van der Waals surface area contributed by atoms with Gasteiger partial charge in [0.25, 0.3) is 0 Å². The van der Waals surface area contributed by atoms with Crippen LogP contribution in [0.15, 0.2) is 83.0 Å². The molecule has 0 bridgehead atoms. The molecule has 0 unspecified atom stereocenters. The van der Waals surface area contributed by atoms with E-state index >= 15 is 0 Å². The molecule has 0 aliphatic carbocycles. The van der Waals surface area contributed by atoms with E-state index in [4.69, 9.17) is 5.73 Å². The van der Waals surface area contributed by atoms with Crippen molar-refractivity contribution in [1.29, 1.82) is 0 Å². The highest BCUT2D eigenvalue weighted by Gasteiger charge is 2.32. The molecular weight excluding hydrogens is 564 g/mol. The molecule has 0 fully saturated rings. The Hall–Kier alpha value is -5.01. The molecule has 0 radical (unpaired) electrons. The molecule has 0 saturated carbocycles. The summed E-state index contributed by atoms with van der Waals surface area (Å²) in [5.74, 6) is -2.11. The van der Waals surface area contributed by atoms with Crippen LogP contribution in [-0.4, -0.2) is 57.0 Å². The van der Waals surface area contributed by atoms with Gasteiger partial charge in [-0.15, -0.1) is 0 Å². The van der Waals surface area contributed by atoms with Crippen molar-refractivity contribution in [1.82, 2.24) is 24.9 Å². The fourth-order valence-corrected chi connectivity index (χ4v) is 4.62. The molecule has 220 valence electrons. The van der Waals surface area contributed by atoms with E-state index in [9.17, 15) is 22.7 Å². The average Bonchev–Trinajstić information content (AvgIpc) is 3.36. The maximum Gasteiger partial charge on any atom is 0.141 e. The molecule has 2 aromatic carbocycles. The zero-order chi connectivity index (χ0) is 30.4. The Labute approximate surface area is 243 Å². The number of fused-ring (bicyclic) bond motifs is 1. The third-order valence-electron chi connectivity index (χ3n) is 6.64. The Bertz CT molecular complexity index is 1790. The number of rotatable bonds is 11. The minimum Gasteiger partial charge on any atom is -0.390 e. The summed E-state index contributed by atoms with van der Waals surface area (Å²) in [4.78, 5) is 16.7. The van der Waals surface area contributed by atoms with Crippen molar-refractivity contribution < 1.29 is 22.7 Å². The quantitative estimate of drug-likeness (QED) is 0.0923. The predicted octanol–water partition coefficient (Wildman–Crippen LogP) is 4.05. The molecule has 9 nitrogen and oxygen atoms in total. The molecule has 3 aromatic heterocycles. The maximum atomic E-state index is 14.6. The van der Waals surface area contributed by atoms with Crippen molar-refractivity contribution in [3.05, 3.63) is 108 Å². The van der Waals surface area contributed by atoms with Crippen LogP contribution in [0.1, 0.15) is 11.4 Å². The van der Waals surface area contributed by atoms with Gasteiger partial charge >= 0.3 is 0 Å². The van der Waals surface area contributed by atoms with Crippen LogP contribution in [0.2, 0.25) is 0 Å². The van der Waals surface area contributed by atoms with Gasteiger partial charge in [-0.1, -0.05) is 6.07 Å². The second-order valence-electron chi connectivity index (χ2n) is 9.60. The Morgan fingerprint density at radius 1 is 0.977 bits per heavy atom. The zero-order valence-corrected chi connectivity index (χ0v) is 22.6. The first-order valence-corrected chi connectivity index (χ1v) is 13.1. The Kier molecular flexibility index (Phi) is 8.83. The number of nitrogens with two attached hydrogens (primary N) is 1. The molecule has 13 heteroatoms. The maximum absolute atomic E-state index is 14.6. The number of pyridine rings is 1. The average molecular weight is 591 g/mol. The Morgan fingerprint density at radius 3 is 2.51 bits per heavy atom. The minimum atomic E-state index is -1.82. The van der Waals surface area contributed by atoms with Gasteiger partial charge in [0.15, 0.2) is 0 Å². The number of aliphatic imine (C=N–C) groups is 2. The first kappa shape index (κ1) is 29.5. The monoisotopic (exact) mass is 590 g/mol. The van der Waals surface area contributed by atoms with Crippen LogP contribution in [0, 0.1) is 23.3 Å². The summed E-state index contributed by atoms with van der Waals surface area (Å²) < 4.78 is 57.1. The molecule has 43 heavy (non-hydrogen) atoms. The van der Waals surface area contributed by atoms with Crippen LogP contribution < -0.4 is 11.1 Å². The third kappa shape index (κ3) is 6.74. The predicted molar refractivity (Wildman–Crippen MR) is 154 cm³/mol. The third-order valence-corrected chi connectivity index (χ3v) is 6.64. The van der Waals surface area contributed by atoms with Gasteiger partial charge < -0.3 is 16.2 Å². The molecule has 5 aromatic rings. The van der Waals surface area contributed by atoms with Crippen molar-refractivity contribution in [3.8, 4) is 22.5 Å². The summed E-state index contributed by atoms with van der Waals surface area (Å²) in [6.45, 7) is -0.120. The Morgan fingerprint density at radius 2 is 1.74 bits per heavy atom. The fourth-order valence-electron chi connectivity index (χ4n) is 4.62. The molecule has 0 spiro atoms. The number of halogens is 4. The van der Waals surface area contributed by atoms with Crippen LogP contribution >= 0.6 is 0 Å². The number of nitrogens with one attached hydrogen (secondary N) is 1. The van der Waals surface area contributed by atoms with E-state index < -0.39 is 28.9 Å². The summed E-state index contributed by atoms with van der Waals surface area (Å²) >= 11 is 0. The van der Waals surface area contributed by atoms with Gasteiger partial charge in [-0.2, -0.15) is 5.10 Å². The lowest BCUT2D eigenvalue weighted by Crippen LogP contribution is -2.42. The highest BCUT2D eigenvalue weighted by molar-refractivity contribution is 5.90. The van der Waals surface area contributed by atoms with E-state index in [0.29, 0.717) is 46.3 Å². The molecule has 5 rings (SSSR count). The molecule has 1 atom stereocenters. The lowest BCUT2D eigenvalue weighted by molar-refractivity contribution is 0.0431. The van der Waals surface area contributed by atoms with Gasteiger partial charge in [-0.3, -0.25) is 4.99 Å². The molecule has 4 N–H and O–H groups in total. The summed E-state index contributed by atoms with van der Waals surface area (Å²) in [6.07, 6.45) is 5.28. The van der Waals surface area contributed by atoms with Gasteiger partial charge in [0, 0.05) is 42.9 Å². The van der Waals surface area contributed by atoms with Crippen LogP contribution in [0.3, 0.4) is 0 Å². The summed E-state index contributed by atoms with van der Waals surface area (Å²) in [5.41, 5.74) is 6.07. The van der Waals surface area contributed by atoms with Crippen molar-refractivity contribution in [2.45, 2.75) is 12.0 Å². The topological polar surface area (TPSA) is 126 Å². The van der Waals surface area contributed by atoms with Gasteiger partial charge in [0.2, 0.25) is 0 Å². The minimum absolute atomic E-state index is 0.132. The molecule has 3 heterocycles. The zero-order valence-electron chi connectivity index (χ0n) is 22.6. The lowest BCUT2D eigenvalue weighted by Gasteiger charge is -2.27. The standard InChI is InChI=1S/C30H26F4N8O/c31-20-3-1-19(2-4-20)29-28(26-8-6-22(33)14-42(26)41-29)25-9-12-39-27(40-25)10-11-36-15-30(43,16-37-18-38-17-35)23-7-5-21(32)13-24(23)34/h1-9,12-14,17-18,36,43H,10-11,15-16H2,(H2,35,37,38)/t30-/m0/s1. The van der Waals surface area contributed by atoms with Gasteiger partial charge in [0.1, 0.15) is 46.7 Å². The van der Waals surface area contributed by atoms with Crippen molar-refractivity contribution in [2.24, 2.45) is 15.7 Å². The molecule has 0 aliphatic heterocycles. The SMILES string of the molecule is NC=NC=NC[C@@](O)(CNCCc1nccc(-c2c(-c3ccc(F)cc3)nn3cc(F)ccc23)n1)c1ccc(F)cc1F. The second kappa shape index (κ2) is 12.9. The van der Waals surface area contributed by atoms with Crippen LogP contribution in [0.5, 0.6) is 0 Å². The molecular formula is C30H26F4N8O. The second-order valence-corrected chi connectivity index (χ2v) is 9.60. The molecule has 0 aliphatic rings. The van der Waals surface area contributed by atoms with E-state index in [1.807, 2.05) is 0 Å². The summed E-state index contributed by atoms with van der Waals surface area (Å²) in [6, 6.07) is 13.3. The van der Waals surface area contributed by atoms with Crippen molar-refractivity contribution in [2.75, 3.05) is 19.6 Å². The highest BCUT2D eigenvalue weighted by Crippen LogP contribution is 2.34. The van der Waals surface area contributed by atoms with Crippen molar-refractivity contribution >= 4 is 18.2 Å². The van der Waals surface area contributed by atoms with Crippen molar-refractivity contribution in [3.63, 3.8) is 0 Å². The first-order chi connectivity index (χ1) is 20.8. The first-order valence-electron chi connectivity index (χ1n) is 13.1. The number of nitrogens with zero attached hydrogens (tertiary/aromatic N) is 6. The fraction of sp³-hybridized carbons (Fsp3) is 0.167. The number of aromatic nitrogens is 4. The molecule has 0 saturated heterocycles. The number of aliphatic hydroxyl groups is 1.